The molecule has 0 radical (unpaired) electrons. The lowest BCUT2D eigenvalue weighted by Crippen LogP contribution is -2.54. The number of nitrogens with one attached hydrogen (secondary N) is 3. The first-order chi connectivity index (χ1) is 16.5. The number of benzene rings is 2. The van der Waals surface area contributed by atoms with E-state index in [9.17, 15) is 8.60 Å². The van der Waals surface area contributed by atoms with E-state index in [2.05, 4.69) is 45.6 Å². The van der Waals surface area contributed by atoms with Crippen LogP contribution in [0.5, 0.6) is 0 Å². The minimum Gasteiger partial charge on any atom is -0.362 e. The van der Waals surface area contributed by atoms with E-state index >= 15 is 0 Å². The van der Waals surface area contributed by atoms with Crippen molar-refractivity contribution in [2.45, 2.75) is 29.7 Å². The van der Waals surface area contributed by atoms with Gasteiger partial charge in [0.1, 0.15) is 10.7 Å². The fourth-order valence-corrected chi connectivity index (χ4v) is 6.46. The molecule has 0 aliphatic carbocycles. The topological polar surface area (TPSA) is 82.2 Å². The summed E-state index contributed by atoms with van der Waals surface area (Å²) in [5.41, 5.74) is 3.54. The average molecular weight is 477 g/mol. The molecule has 1 aromatic heterocycles. The summed E-state index contributed by atoms with van der Waals surface area (Å²) in [5, 5.41) is 10.1. The zero-order valence-electron chi connectivity index (χ0n) is 18.6. The Balaban J connectivity index is 1.30. The summed E-state index contributed by atoms with van der Waals surface area (Å²) in [6.07, 6.45) is 2.38. The van der Waals surface area contributed by atoms with Crippen molar-refractivity contribution in [3.8, 4) is 0 Å². The predicted octanol–water partition coefficient (Wildman–Crippen LogP) is 4.01. The SMILES string of the molecule is C=C1Nc2ccccc2C2(CCN(c3nc4c(c(Nc5cccc(F)c5)n3)S(=O)CC4)CC2)N1. The highest BCUT2D eigenvalue weighted by molar-refractivity contribution is 7.85. The van der Waals surface area contributed by atoms with E-state index in [0.717, 1.165) is 43.1 Å². The fraction of sp³-hybridized carbons (Fsp3) is 0.280. The molecule has 3 aliphatic heterocycles. The van der Waals surface area contributed by atoms with Crippen molar-refractivity contribution in [2.24, 2.45) is 0 Å². The summed E-state index contributed by atoms with van der Waals surface area (Å²) in [4.78, 5) is 12.4. The molecule has 1 spiro atoms. The average Bonchev–Trinajstić information content (AvgIpc) is 3.20. The minimum atomic E-state index is -1.17. The van der Waals surface area contributed by atoms with Gasteiger partial charge >= 0.3 is 0 Å². The lowest BCUT2D eigenvalue weighted by molar-refractivity contribution is 0.281. The van der Waals surface area contributed by atoms with Crippen LogP contribution in [0.25, 0.3) is 0 Å². The molecule has 0 saturated carbocycles. The van der Waals surface area contributed by atoms with E-state index in [1.165, 1.54) is 17.7 Å². The van der Waals surface area contributed by atoms with E-state index in [1.807, 2.05) is 6.07 Å². The highest BCUT2D eigenvalue weighted by Gasteiger charge is 2.41. The van der Waals surface area contributed by atoms with Crippen LogP contribution in [0.1, 0.15) is 24.1 Å². The first kappa shape index (κ1) is 21.1. The zero-order valence-corrected chi connectivity index (χ0v) is 19.4. The Morgan fingerprint density at radius 1 is 1.12 bits per heavy atom. The summed E-state index contributed by atoms with van der Waals surface area (Å²) in [7, 11) is -1.17. The van der Waals surface area contributed by atoms with Crippen LogP contribution in [0.4, 0.5) is 27.5 Å². The van der Waals surface area contributed by atoms with Crippen LogP contribution in [-0.2, 0) is 22.8 Å². The standard InChI is InChI=1S/C25H25FN6OS/c1-16-27-20-8-3-2-7-19(20)25(31-16)10-12-32(13-11-25)24-29-21-9-14-34(33)22(21)23(30-24)28-18-6-4-5-17(26)15-18/h2-8,15,27,31H,1,9-14H2,(H,28,29,30). The second-order valence-electron chi connectivity index (χ2n) is 8.93. The number of hydrogen-bond donors (Lipinski definition) is 3. The lowest BCUT2D eigenvalue weighted by atomic mass is 9.79. The molecule has 0 bridgehead atoms. The highest BCUT2D eigenvalue weighted by atomic mass is 32.2. The molecule has 2 aromatic carbocycles. The normalized spacial score (nSPS) is 20.3. The Labute approximate surface area is 200 Å². The van der Waals surface area contributed by atoms with Gasteiger partial charge in [-0.15, -0.1) is 0 Å². The third-order valence-corrected chi connectivity index (χ3v) is 8.24. The summed E-state index contributed by atoms with van der Waals surface area (Å²) in [6, 6.07) is 14.6. The number of nitrogens with zero attached hydrogens (tertiary/aromatic N) is 3. The fourth-order valence-electron chi connectivity index (χ4n) is 5.16. The Morgan fingerprint density at radius 3 is 2.76 bits per heavy atom. The molecule has 3 aliphatic rings. The maximum atomic E-state index is 13.7. The van der Waals surface area contributed by atoms with Crippen LogP contribution in [0.15, 0.2) is 65.8 Å². The first-order valence-electron chi connectivity index (χ1n) is 11.4. The minimum absolute atomic E-state index is 0.184. The van der Waals surface area contributed by atoms with Gasteiger partial charge in [-0.25, -0.2) is 9.37 Å². The summed E-state index contributed by atoms with van der Waals surface area (Å²) < 4.78 is 26.4. The van der Waals surface area contributed by atoms with Crippen molar-refractivity contribution in [1.29, 1.82) is 0 Å². The molecule has 4 heterocycles. The number of aromatic nitrogens is 2. The van der Waals surface area contributed by atoms with E-state index in [1.54, 1.807) is 12.1 Å². The predicted molar refractivity (Wildman–Crippen MR) is 132 cm³/mol. The maximum absolute atomic E-state index is 13.7. The van der Waals surface area contributed by atoms with Crippen LogP contribution in [0, 0.1) is 5.82 Å². The second kappa shape index (κ2) is 8.09. The molecule has 9 heteroatoms. The molecule has 6 rings (SSSR count). The Bertz CT molecular complexity index is 1320. The van der Waals surface area contributed by atoms with Crippen molar-refractivity contribution in [3.63, 3.8) is 0 Å². The number of aryl methyl sites for hydroxylation is 1. The summed E-state index contributed by atoms with van der Waals surface area (Å²) in [5.74, 6) is 2.12. The largest absolute Gasteiger partial charge is 0.362 e. The smallest absolute Gasteiger partial charge is 0.227 e. The molecule has 1 saturated heterocycles. The van der Waals surface area contributed by atoms with Gasteiger partial charge in [0.2, 0.25) is 5.95 Å². The Hall–Kier alpha value is -3.46. The molecule has 1 unspecified atom stereocenters. The van der Waals surface area contributed by atoms with Crippen LogP contribution in [0.2, 0.25) is 0 Å². The summed E-state index contributed by atoms with van der Waals surface area (Å²) >= 11 is 0. The van der Waals surface area contributed by atoms with Crippen LogP contribution in [-0.4, -0.2) is 33.0 Å². The van der Waals surface area contributed by atoms with Crippen LogP contribution in [0.3, 0.4) is 0 Å². The Kier molecular flexibility index (Phi) is 5.02. The molecule has 0 amide bonds. The number of halogens is 1. The molecule has 1 fully saturated rings. The Morgan fingerprint density at radius 2 is 1.94 bits per heavy atom. The number of rotatable bonds is 3. The van der Waals surface area contributed by atoms with E-state index in [0.29, 0.717) is 34.5 Å². The monoisotopic (exact) mass is 476 g/mol. The molecule has 7 nitrogen and oxygen atoms in total. The van der Waals surface area contributed by atoms with Crippen molar-refractivity contribution in [3.05, 3.63) is 78.0 Å². The lowest BCUT2D eigenvalue weighted by Gasteiger charge is -2.47. The van der Waals surface area contributed by atoms with Gasteiger partial charge in [0.15, 0.2) is 5.82 Å². The molecular formula is C25H25FN6OS. The molecule has 174 valence electrons. The van der Waals surface area contributed by atoms with Crippen LogP contribution < -0.4 is 20.9 Å². The first-order valence-corrected chi connectivity index (χ1v) is 12.7. The third kappa shape index (κ3) is 3.60. The van der Waals surface area contributed by atoms with Gasteiger partial charge in [-0.3, -0.25) is 4.21 Å². The quantitative estimate of drug-likeness (QED) is 0.527. The second-order valence-corrected chi connectivity index (χ2v) is 10.4. The summed E-state index contributed by atoms with van der Waals surface area (Å²) in [6.45, 7) is 5.64. The highest BCUT2D eigenvalue weighted by Crippen LogP contribution is 2.42. The van der Waals surface area contributed by atoms with Gasteiger partial charge in [-0.2, -0.15) is 4.98 Å². The number of hydrogen-bond acceptors (Lipinski definition) is 7. The molecular weight excluding hydrogens is 451 g/mol. The van der Waals surface area contributed by atoms with E-state index in [4.69, 9.17) is 9.97 Å². The van der Waals surface area contributed by atoms with Gasteiger partial charge in [0, 0.05) is 42.2 Å². The van der Waals surface area contributed by atoms with Gasteiger partial charge in [-0.1, -0.05) is 30.8 Å². The van der Waals surface area contributed by atoms with E-state index < -0.39 is 10.8 Å². The number of para-hydroxylation sites is 1. The molecule has 3 N–H and O–H groups in total. The van der Waals surface area contributed by atoms with Gasteiger partial charge in [0.05, 0.1) is 27.9 Å². The van der Waals surface area contributed by atoms with E-state index in [-0.39, 0.29) is 11.4 Å². The van der Waals surface area contributed by atoms with Gasteiger partial charge < -0.3 is 20.9 Å². The molecule has 3 aromatic rings. The zero-order chi connectivity index (χ0) is 23.3. The van der Waals surface area contributed by atoms with Crippen molar-refractivity contribution < 1.29 is 8.60 Å². The van der Waals surface area contributed by atoms with Crippen LogP contribution >= 0.6 is 0 Å². The van der Waals surface area contributed by atoms with Crippen molar-refractivity contribution in [1.82, 2.24) is 15.3 Å². The third-order valence-electron chi connectivity index (χ3n) is 6.78. The molecule has 1 atom stereocenters. The number of fused-ring (bicyclic) bond motifs is 3. The number of anilines is 4. The molecule has 34 heavy (non-hydrogen) atoms. The van der Waals surface area contributed by atoms with Crippen molar-refractivity contribution in [2.75, 3.05) is 34.4 Å². The van der Waals surface area contributed by atoms with Crippen molar-refractivity contribution >= 4 is 33.9 Å². The number of piperidine rings is 1. The van der Waals surface area contributed by atoms with Gasteiger partial charge in [0.25, 0.3) is 0 Å². The maximum Gasteiger partial charge on any atom is 0.227 e. The van der Waals surface area contributed by atoms with Gasteiger partial charge in [-0.05, 0) is 37.1 Å².